The van der Waals surface area contributed by atoms with Crippen LogP contribution >= 0.6 is 11.3 Å². The van der Waals surface area contributed by atoms with E-state index in [2.05, 4.69) is 15.5 Å². The number of carbonyl (C=O) groups excluding carboxylic acids is 1. The van der Waals surface area contributed by atoms with E-state index in [4.69, 9.17) is 5.11 Å². The average molecular weight is 306 g/mol. The van der Waals surface area contributed by atoms with Gasteiger partial charge in [0, 0.05) is 12.2 Å². The minimum atomic E-state index is -0.963. The molecule has 0 bridgehead atoms. The summed E-state index contributed by atoms with van der Waals surface area (Å²) in [6.45, 7) is 1.86. The van der Waals surface area contributed by atoms with E-state index in [1.54, 1.807) is 31.2 Å². The molecule has 1 heterocycles. The maximum atomic E-state index is 12.3. The molecule has 7 nitrogen and oxygen atoms in total. The second-order valence-electron chi connectivity index (χ2n) is 4.19. The highest BCUT2D eigenvalue weighted by Crippen LogP contribution is 2.18. The summed E-state index contributed by atoms with van der Waals surface area (Å²) in [5, 5.41) is 20.2. The number of amides is 2. The van der Waals surface area contributed by atoms with Crippen molar-refractivity contribution in [2.75, 3.05) is 16.8 Å². The van der Waals surface area contributed by atoms with E-state index in [0.717, 1.165) is 5.01 Å². The van der Waals surface area contributed by atoms with Gasteiger partial charge in [-0.2, -0.15) is 0 Å². The lowest BCUT2D eigenvalue weighted by Crippen LogP contribution is -2.36. The van der Waals surface area contributed by atoms with Crippen molar-refractivity contribution in [2.45, 2.75) is 13.3 Å². The number of aliphatic carboxylic acids is 1. The first-order valence-electron chi connectivity index (χ1n) is 6.21. The Balaban J connectivity index is 2.14. The zero-order chi connectivity index (χ0) is 15.2. The van der Waals surface area contributed by atoms with Crippen LogP contribution in [0, 0.1) is 6.92 Å². The van der Waals surface area contributed by atoms with Gasteiger partial charge in [0.25, 0.3) is 0 Å². The summed E-state index contributed by atoms with van der Waals surface area (Å²) < 4.78 is 0. The van der Waals surface area contributed by atoms with Crippen molar-refractivity contribution in [3.8, 4) is 0 Å². The number of aryl methyl sites for hydroxylation is 1. The lowest BCUT2D eigenvalue weighted by Gasteiger charge is -2.21. The predicted octanol–water partition coefficient (Wildman–Crippen LogP) is 2.36. The smallest absolute Gasteiger partial charge is 0.328 e. The van der Waals surface area contributed by atoms with Gasteiger partial charge in [-0.3, -0.25) is 15.0 Å². The third-order valence-corrected chi connectivity index (χ3v) is 3.36. The summed E-state index contributed by atoms with van der Waals surface area (Å²) >= 11 is 1.26. The monoisotopic (exact) mass is 306 g/mol. The van der Waals surface area contributed by atoms with Crippen LogP contribution in [0.5, 0.6) is 0 Å². The maximum Gasteiger partial charge on any atom is 0.328 e. The quantitative estimate of drug-likeness (QED) is 0.884. The summed E-state index contributed by atoms with van der Waals surface area (Å²) in [7, 11) is 0. The topological polar surface area (TPSA) is 95.4 Å². The number of nitrogens with one attached hydrogen (secondary N) is 1. The van der Waals surface area contributed by atoms with Crippen LogP contribution in [0.2, 0.25) is 0 Å². The van der Waals surface area contributed by atoms with Gasteiger partial charge in [0.1, 0.15) is 5.01 Å². The van der Waals surface area contributed by atoms with Gasteiger partial charge in [0.05, 0.1) is 6.42 Å². The largest absolute Gasteiger partial charge is 0.481 e. The number of anilines is 2. The molecule has 1 aromatic carbocycles. The Morgan fingerprint density at radius 2 is 2.00 bits per heavy atom. The molecule has 0 atom stereocenters. The molecule has 0 aliphatic rings. The Kier molecular flexibility index (Phi) is 4.83. The van der Waals surface area contributed by atoms with Crippen molar-refractivity contribution < 1.29 is 14.7 Å². The summed E-state index contributed by atoms with van der Waals surface area (Å²) in [5.41, 5.74) is 0.623. The highest BCUT2D eigenvalue weighted by molar-refractivity contribution is 7.15. The Labute approximate surface area is 125 Å². The van der Waals surface area contributed by atoms with Gasteiger partial charge in [-0.25, -0.2) is 4.79 Å². The molecule has 2 rings (SSSR count). The second kappa shape index (κ2) is 6.80. The van der Waals surface area contributed by atoms with E-state index in [1.807, 2.05) is 6.07 Å². The van der Waals surface area contributed by atoms with Gasteiger partial charge >= 0.3 is 12.0 Å². The molecule has 0 saturated carbocycles. The van der Waals surface area contributed by atoms with E-state index in [0.29, 0.717) is 10.8 Å². The number of carboxylic acids is 1. The molecule has 0 saturated heterocycles. The van der Waals surface area contributed by atoms with E-state index in [9.17, 15) is 9.59 Å². The molecular weight excluding hydrogens is 292 g/mol. The van der Waals surface area contributed by atoms with Gasteiger partial charge in [0.2, 0.25) is 5.13 Å². The molecule has 0 aliphatic heterocycles. The normalized spacial score (nSPS) is 10.1. The van der Waals surface area contributed by atoms with Crippen molar-refractivity contribution in [1.82, 2.24) is 10.2 Å². The number of nitrogens with zero attached hydrogens (tertiary/aromatic N) is 3. The molecule has 0 unspecified atom stereocenters. The molecule has 8 heteroatoms. The minimum Gasteiger partial charge on any atom is -0.481 e. The van der Waals surface area contributed by atoms with Crippen molar-refractivity contribution in [2.24, 2.45) is 0 Å². The average Bonchev–Trinajstić information content (AvgIpc) is 2.85. The number of aromatic nitrogens is 2. The van der Waals surface area contributed by atoms with Gasteiger partial charge < -0.3 is 5.11 Å². The molecule has 0 aliphatic carbocycles. The zero-order valence-electron chi connectivity index (χ0n) is 11.3. The molecule has 0 fully saturated rings. The first-order chi connectivity index (χ1) is 10.1. The van der Waals surface area contributed by atoms with E-state index in [-0.39, 0.29) is 13.0 Å². The van der Waals surface area contributed by atoms with Crippen molar-refractivity contribution in [1.29, 1.82) is 0 Å². The summed E-state index contributed by atoms with van der Waals surface area (Å²) in [4.78, 5) is 24.4. The molecule has 0 spiro atoms. The van der Waals surface area contributed by atoms with Crippen LogP contribution in [-0.2, 0) is 4.79 Å². The first kappa shape index (κ1) is 14.9. The van der Waals surface area contributed by atoms with Crippen LogP contribution in [0.4, 0.5) is 15.6 Å². The van der Waals surface area contributed by atoms with Crippen LogP contribution in [0.25, 0.3) is 0 Å². The van der Waals surface area contributed by atoms with E-state index < -0.39 is 12.0 Å². The van der Waals surface area contributed by atoms with Crippen LogP contribution in [0.3, 0.4) is 0 Å². The summed E-state index contributed by atoms with van der Waals surface area (Å²) in [5.74, 6) is -0.963. The Hall–Kier alpha value is -2.48. The van der Waals surface area contributed by atoms with Gasteiger partial charge in [-0.15, -0.1) is 10.2 Å². The third-order valence-electron chi connectivity index (χ3n) is 2.60. The van der Waals surface area contributed by atoms with Gasteiger partial charge in [0.15, 0.2) is 0 Å². The van der Waals surface area contributed by atoms with E-state index in [1.165, 1.54) is 16.2 Å². The molecule has 2 N–H and O–H groups in total. The highest BCUT2D eigenvalue weighted by atomic mass is 32.1. The van der Waals surface area contributed by atoms with Gasteiger partial charge in [-0.1, -0.05) is 29.5 Å². The summed E-state index contributed by atoms with van der Waals surface area (Å²) in [6, 6.07) is 8.44. The number of rotatable bonds is 5. The fourth-order valence-electron chi connectivity index (χ4n) is 1.67. The number of para-hydroxylation sites is 1. The lowest BCUT2D eigenvalue weighted by molar-refractivity contribution is -0.136. The van der Waals surface area contributed by atoms with Crippen molar-refractivity contribution >= 4 is 34.2 Å². The van der Waals surface area contributed by atoms with Crippen LogP contribution in [0.15, 0.2) is 30.3 Å². The standard InChI is InChI=1S/C13H14N4O3S/c1-9-15-16-12(21-9)14-13(20)17(8-7-11(18)19)10-5-3-2-4-6-10/h2-6H,7-8H2,1H3,(H,18,19)(H,14,16,20). The first-order valence-corrected chi connectivity index (χ1v) is 7.03. The molecular formula is C13H14N4O3S. The number of carboxylic acid groups (broad SMARTS) is 1. The number of hydrogen-bond acceptors (Lipinski definition) is 5. The van der Waals surface area contributed by atoms with Crippen molar-refractivity contribution in [3.63, 3.8) is 0 Å². The van der Waals surface area contributed by atoms with Crippen molar-refractivity contribution in [3.05, 3.63) is 35.3 Å². The number of benzene rings is 1. The number of hydrogen-bond donors (Lipinski definition) is 2. The Bertz CT molecular complexity index is 629. The highest BCUT2D eigenvalue weighted by Gasteiger charge is 2.18. The number of carbonyl (C=O) groups is 2. The van der Waals surface area contributed by atoms with Crippen LogP contribution < -0.4 is 10.2 Å². The van der Waals surface area contributed by atoms with E-state index >= 15 is 0 Å². The van der Waals surface area contributed by atoms with Gasteiger partial charge in [-0.05, 0) is 19.1 Å². The van der Waals surface area contributed by atoms with Crippen LogP contribution in [-0.4, -0.2) is 33.8 Å². The fraction of sp³-hybridized carbons (Fsp3) is 0.231. The molecule has 110 valence electrons. The Morgan fingerprint density at radius 3 is 2.57 bits per heavy atom. The lowest BCUT2D eigenvalue weighted by atomic mass is 10.3. The molecule has 2 amide bonds. The number of urea groups is 1. The zero-order valence-corrected chi connectivity index (χ0v) is 12.1. The summed E-state index contributed by atoms with van der Waals surface area (Å²) in [6.07, 6.45) is -0.141. The molecule has 21 heavy (non-hydrogen) atoms. The minimum absolute atomic E-state index is 0.0724. The Morgan fingerprint density at radius 1 is 1.29 bits per heavy atom. The molecule has 0 radical (unpaired) electrons. The van der Waals surface area contributed by atoms with Crippen LogP contribution in [0.1, 0.15) is 11.4 Å². The third kappa shape index (κ3) is 4.25. The SMILES string of the molecule is Cc1nnc(NC(=O)N(CCC(=O)O)c2ccccc2)s1. The molecule has 2 aromatic rings. The predicted molar refractivity (Wildman–Crippen MR) is 79.7 cm³/mol. The fourth-order valence-corrected chi connectivity index (χ4v) is 2.25. The maximum absolute atomic E-state index is 12.3. The molecule has 1 aromatic heterocycles. The second-order valence-corrected chi connectivity index (χ2v) is 5.37.